The summed E-state index contributed by atoms with van der Waals surface area (Å²) >= 11 is 1.54. The van der Waals surface area contributed by atoms with Gasteiger partial charge in [-0.15, -0.1) is 11.3 Å². The highest BCUT2D eigenvalue weighted by Crippen LogP contribution is 2.14. The van der Waals surface area contributed by atoms with E-state index in [2.05, 4.69) is 4.98 Å². The standard InChI is InChI=1S/C12H14N2O2S2/c1-14(9-7-12-13-8-10-17-12)18(15,16)11-5-3-2-4-6-11/h2-6,8,10H,7,9H2,1H3. The van der Waals surface area contributed by atoms with Crippen molar-refractivity contribution in [3.63, 3.8) is 0 Å². The maximum Gasteiger partial charge on any atom is 0.242 e. The van der Waals surface area contributed by atoms with E-state index in [9.17, 15) is 8.42 Å². The molecule has 0 N–H and O–H groups in total. The fourth-order valence-corrected chi connectivity index (χ4v) is 3.32. The van der Waals surface area contributed by atoms with Crippen molar-refractivity contribution in [2.75, 3.05) is 13.6 Å². The zero-order valence-corrected chi connectivity index (χ0v) is 11.6. The lowest BCUT2D eigenvalue weighted by molar-refractivity contribution is 0.472. The van der Waals surface area contributed by atoms with Crippen LogP contribution in [0.3, 0.4) is 0 Å². The molecule has 2 rings (SSSR count). The average molecular weight is 282 g/mol. The zero-order chi connectivity index (χ0) is 13.0. The van der Waals surface area contributed by atoms with Crippen LogP contribution in [0.15, 0.2) is 46.8 Å². The topological polar surface area (TPSA) is 50.3 Å². The molecule has 1 aromatic carbocycles. The number of benzene rings is 1. The third-order valence-electron chi connectivity index (χ3n) is 2.58. The highest BCUT2D eigenvalue weighted by atomic mass is 32.2. The predicted molar refractivity (Wildman–Crippen MR) is 72.1 cm³/mol. The number of nitrogens with zero attached hydrogens (tertiary/aromatic N) is 2. The van der Waals surface area contributed by atoms with Gasteiger partial charge in [-0.1, -0.05) is 18.2 Å². The fraction of sp³-hybridized carbons (Fsp3) is 0.250. The van der Waals surface area contributed by atoms with E-state index in [0.29, 0.717) is 17.9 Å². The number of thiazole rings is 1. The molecule has 0 fully saturated rings. The third-order valence-corrected chi connectivity index (χ3v) is 5.29. The molecule has 96 valence electrons. The number of hydrogen-bond acceptors (Lipinski definition) is 4. The van der Waals surface area contributed by atoms with Gasteiger partial charge in [0.2, 0.25) is 10.0 Å². The molecule has 4 nitrogen and oxygen atoms in total. The molecule has 18 heavy (non-hydrogen) atoms. The van der Waals surface area contributed by atoms with Crippen LogP contribution in [0.5, 0.6) is 0 Å². The number of aromatic nitrogens is 1. The maximum atomic E-state index is 12.2. The van der Waals surface area contributed by atoms with Crippen LogP contribution < -0.4 is 0 Å². The molecule has 0 aliphatic carbocycles. The Morgan fingerprint density at radius 2 is 2.00 bits per heavy atom. The molecule has 0 spiro atoms. The van der Waals surface area contributed by atoms with Crippen molar-refractivity contribution in [3.05, 3.63) is 46.9 Å². The Morgan fingerprint density at radius 1 is 1.28 bits per heavy atom. The fourth-order valence-electron chi connectivity index (χ4n) is 1.52. The molecular formula is C12H14N2O2S2. The lowest BCUT2D eigenvalue weighted by Gasteiger charge is -2.16. The number of likely N-dealkylation sites (N-methyl/N-ethyl adjacent to an activating group) is 1. The quantitative estimate of drug-likeness (QED) is 0.843. The minimum absolute atomic E-state index is 0.326. The molecule has 0 saturated carbocycles. The van der Waals surface area contributed by atoms with Crippen molar-refractivity contribution in [1.29, 1.82) is 0 Å². The molecule has 2 aromatic rings. The van der Waals surface area contributed by atoms with E-state index in [-0.39, 0.29) is 0 Å². The van der Waals surface area contributed by atoms with Crippen LogP contribution in [0.2, 0.25) is 0 Å². The molecule has 1 aromatic heterocycles. The monoisotopic (exact) mass is 282 g/mol. The molecule has 0 radical (unpaired) electrons. The Kier molecular flexibility index (Phi) is 4.11. The molecule has 0 atom stereocenters. The SMILES string of the molecule is CN(CCc1nccs1)S(=O)(=O)c1ccccc1. The van der Waals surface area contributed by atoms with Crippen LogP contribution in [0, 0.1) is 0 Å². The van der Waals surface area contributed by atoms with E-state index in [0.717, 1.165) is 5.01 Å². The van der Waals surface area contributed by atoms with Gasteiger partial charge in [-0.25, -0.2) is 17.7 Å². The summed E-state index contributed by atoms with van der Waals surface area (Å²) in [5.74, 6) is 0. The minimum Gasteiger partial charge on any atom is -0.250 e. The van der Waals surface area contributed by atoms with Crippen LogP contribution in [-0.4, -0.2) is 31.3 Å². The van der Waals surface area contributed by atoms with Crippen molar-refractivity contribution in [2.24, 2.45) is 0 Å². The van der Waals surface area contributed by atoms with Crippen LogP contribution in [0.1, 0.15) is 5.01 Å². The van der Waals surface area contributed by atoms with E-state index in [1.165, 1.54) is 15.6 Å². The Labute approximate surface area is 111 Å². The van der Waals surface area contributed by atoms with Gasteiger partial charge in [-0.3, -0.25) is 0 Å². The largest absolute Gasteiger partial charge is 0.250 e. The summed E-state index contributed by atoms with van der Waals surface area (Å²) in [5.41, 5.74) is 0. The Balaban J connectivity index is 2.06. The number of sulfonamides is 1. The highest BCUT2D eigenvalue weighted by Gasteiger charge is 2.19. The Morgan fingerprint density at radius 3 is 2.61 bits per heavy atom. The molecule has 1 heterocycles. The molecule has 0 amide bonds. The Hall–Kier alpha value is -1.24. The van der Waals surface area contributed by atoms with Gasteiger partial charge in [0.25, 0.3) is 0 Å². The molecule has 0 aliphatic heterocycles. The van der Waals surface area contributed by atoms with E-state index < -0.39 is 10.0 Å². The van der Waals surface area contributed by atoms with Gasteiger partial charge < -0.3 is 0 Å². The smallest absolute Gasteiger partial charge is 0.242 e. The summed E-state index contributed by atoms with van der Waals surface area (Å²) < 4.78 is 25.8. The lowest BCUT2D eigenvalue weighted by atomic mass is 10.4. The van der Waals surface area contributed by atoms with Crippen molar-refractivity contribution in [1.82, 2.24) is 9.29 Å². The predicted octanol–water partition coefficient (Wildman–Crippen LogP) is 2.01. The normalized spacial score (nSPS) is 11.9. The third kappa shape index (κ3) is 2.95. The highest BCUT2D eigenvalue weighted by molar-refractivity contribution is 7.89. The molecule has 6 heteroatoms. The summed E-state index contributed by atoms with van der Waals surface area (Å²) in [6.45, 7) is 0.435. The summed E-state index contributed by atoms with van der Waals surface area (Å²) in [7, 11) is -1.79. The van der Waals surface area contributed by atoms with Gasteiger partial charge in [0.15, 0.2) is 0 Å². The van der Waals surface area contributed by atoms with Crippen LogP contribution in [-0.2, 0) is 16.4 Å². The van der Waals surface area contributed by atoms with Gasteiger partial charge in [-0.2, -0.15) is 0 Å². The first kappa shape index (κ1) is 13.2. The molecular weight excluding hydrogens is 268 g/mol. The number of hydrogen-bond donors (Lipinski definition) is 0. The van der Waals surface area contributed by atoms with Gasteiger partial charge in [0.1, 0.15) is 0 Å². The van der Waals surface area contributed by atoms with Crippen molar-refractivity contribution < 1.29 is 8.42 Å². The molecule has 0 saturated heterocycles. The lowest BCUT2D eigenvalue weighted by Crippen LogP contribution is -2.28. The zero-order valence-electron chi connectivity index (χ0n) is 9.98. The van der Waals surface area contributed by atoms with Gasteiger partial charge in [0, 0.05) is 31.6 Å². The van der Waals surface area contributed by atoms with Crippen LogP contribution in [0.4, 0.5) is 0 Å². The molecule has 0 unspecified atom stereocenters. The first-order chi connectivity index (χ1) is 8.60. The second-order valence-electron chi connectivity index (χ2n) is 3.82. The first-order valence-electron chi connectivity index (χ1n) is 5.50. The van der Waals surface area contributed by atoms with E-state index >= 15 is 0 Å². The van der Waals surface area contributed by atoms with E-state index in [1.54, 1.807) is 43.6 Å². The summed E-state index contributed by atoms with van der Waals surface area (Å²) in [4.78, 5) is 4.47. The van der Waals surface area contributed by atoms with Crippen molar-refractivity contribution in [3.8, 4) is 0 Å². The van der Waals surface area contributed by atoms with Gasteiger partial charge >= 0.3 is 0 Å². The maximum absolute atomic E-state index is 12.2. The Bertz CT molecular complexity index is 580. The van der Waals surface area contributed by atoms with Crippen molar-refractivity contribution in [2.45, 2.75) is 11.3 Å². The van der Waals surface area contributed by atoms with Crippen molar-refractivity contribution >= 4 is 21.4 Å². The van der Waals surface area contributed by atoms with Gasteiger partial charge in [-0.05, 0) is 12.1 Å². The summed E-state index contributed by atoms with van der Waals surface area (Å²) in [5, 5.41) is 2.84. The number of rotatable bonds is 5. The first-order valence-corrected chi connectivity index (χ1v) is 7.82. The molecule has 0 aliphatic rings. The summed E-state index contributed by atoms with van der Waals surface area (Å²) in [6, 6.07) is 8.46. The van der Waals surface area contributed by atoms with Gasteiger partial charge in [0.05, 0.1) is 9.90 Å². The van der Waals surface area contributed by atoms with Crippen LogP contribution in [0.25, 0.3) is 0 Å². The minimum atomic E-state index is -3.38. The van der Waals surface area contributed by atoms with E-state index in [1.807, 2.05) is 5.38 Å². The second-order valence-corrected chi connectivity index (χ2v) is 6.84. The van der Waals surface area contributed by atoms with Crippen LogP contribution >= 0.6 is 11.3 Å². The second kappa shape index (κ2) is 5.60. The molecule has 0 bridgehead atoms. The summed E-state index contributed by atoms with van der Waals surface area (Å²) in [6.07, 6.45) is 2.37. The van der Waals surface area contributed by atoms with E-state index in [4.69, 9.17) is 0 Å². The average Bonchev–Trinajstić information content (AvgIpc) is 2.90.